The van der Waals surface area contributed by atoms with Gasteiger partial charge in [-0.1, -0.05) is 35.5 Å². The van der Waals surface area contributed by atoms with E-state index in [4.69, 9.17) is 10.3 Å². The van der Waals surface area contributed by atoms with E-state index in [1.807, 2.05) is 30.3 Å². The van der Waals surface area contributed by atoms with Gasteiger partial charge in [0.25, 0.3) is 0 Å². The van der Waals surface area contributed by atoms with E-state index in [0.29, 0.717) is 18.1 Å². The lowest BCUT2D eigenvalue weighted by Gasteiger charge is -2.11. The van der Waals surface area contributed by atoms with Gasteiger partial charge in [-0.3, -0.25) is 4.79 Å². The molecular weight excluding hydrogens is 256 g/mol. The zero-order valence-electron chi connectivity index (χ0n) is 11.5. The van der Waals surface area contributed by atoms with Crippen molar-refractivity contribution in [2.45, 2.75) is 32.4 Å². The number of rotatable bonds is 5. The van der Waals surface area contributed by atoms with Crippen molar-refractivity contribution in [2.75, 3.05) is 0 Å². The van der Waals surface area contributed by atoms with E-state index in [1.165, 1.54) is 0 Å². The molecule has 0 aliphatic heterocycles. The molecule has 6 nitrogen and oxygen atoms in total. The Balaban J connectivity index is 2.00. The summed E-state index contributed by atoms with van der Waals surface area (Å²) >= 11 is 0. The fraction of sp³-hybridized carbons (Fsp3) is 0.357. The Labute approximate surface area is 117 Å². The number of nitrogens with one attached hydrogen (secondary N) is 1. The van der Waals surface area contributed by atoms with Crippen LogP contribution in [0.1, 0.15) is 37.2 Å². The van der Waals surface area contributed by atoms with Gasteiger partial charge in [-0.15, -0.1) is 0 Å². The van der Waals surface area contributed by atoms with Gasteiger partial charge in [0.05, 0.1) is 6.04 Å². The Morgan fingerprint density at radius 1 is 1.35 bits per heavy atom. The lowest BCUT2D eigenvalue weighted by molar-refractivity contribution is -0.122. The smallest absolute Gasteiger partial charge is 0.248 e. The third-order valence-corrected chi connectivity index (χ3v) is 2.83. The molecule has 0 saturated heterocycles. The number of benzene rings is 1. The largest absolute Gasteiger partial charge is 0.343 e. The first-order valence-corrected chi connectivity index (χ1v) is 6.48. The van der Waals surface area contributed by atoms with E-state index in [0.717, 1.165) is 5.56 Å². The number of nitrogens with zero attached hydrogens (tertiary/aromatic N) is 2. The Hall–Kier alpha value is -2.21. The molecule has 2 atom stereocenters. The second-order valence-corrected chi connectivity index (χ2v) is 4.73. The van der Waals surface area contributed by atoms with E-state index in [9.17, 15) is 4.79 Å². The number of aromatic nitrogens is 2. The van der Waals surface area contributed by atoms with Crippen molar-refractivity contribution in [1.29, 1.82) is 0 Å². The summed E-state index contributed by atoms with van der Waals surface area (Å²) in [5.74, 6) is 0.721. The van der Waals surface area contributed by atoms with E-state index in [1.54, 1.807) is 13.8 Å². The normalized spacial score (nSPS) is 13.8. The highest BCUT2D eigenvalue weighted by Gasteiger charge is 2.18. The van der Waals surface area contributed by atoms with Gasteiger partial charge < -0.3 is 15.6 Å². The fourth-order valence-corrected chi connectivity index (χ4v) is 1.70. The van der Waals surface area contributed by atoms with Gasteiger partial charge >= 0.3 is 0 Å². The average molecular weight is 274 g/mol. The van der Waals surface area contributed by atoms with Crippen LogP contribution in [0.15, 0.2) is 34.9 Å². The number of hydrogen-bond acceptors (Lipinski definition) is 5. The van der Waals surface area contributed by atoms with E-state index >= 15 is 0 Å². The number of carbonyl (C=O) groups is 1. The molecule has 1 unspecified atom stereocenters. The Bertz CT molecular complexity index is 566. The number of nitrogens with two attached hydrogens (primary N) is 1. The van der Waals surface area contributed by atoms with Crippen LogP contribution in [-0.4, -0.2) is 22.1 Å². The molecule has 0 fully saturated rings. The molecule has 0 radical (unpaired) electrons. The zero-order chi connectivity index (χ0) is 14.5. The summed E-state index contributed by atoms with van der Waals surface area (Å²) in [7, 11) is 0. The Morgan fingerprint density at radius 2 is 2.05 bits per heavy atom. The molecule has 0 aliphatic rings. The maximum absolute atomic E-state index is 11.5. The van der Waals surface area contributed by atoms with Gasteiger partial charge in [-0.05, 0) is 19.4 Å². The van der Waals surface area contributed by atoms with Crippen LogP contribution in [0.2, 0.25) is 0 Å². The summed E-state index contributed by atoms with van der Waals surface area (Å²) < 4.78 is 5.16. The highest BCUT2D eigenvalue weighted by Crippen LogP contribution is 2.12. The molecule has 1 aromatic heterocycles. The quantitative estimate of drug-likeness (QED) is 0.854. The summed E-state index contributed by atoms with van der Waals surface area (Å²) in [6.45, 7) is 3.40. The first kappa shape index (κ1) is 14.2. The van der Waals surface area contributed by atoms with Crippen LogP contribution in [-0.2, 0) is 11.2 Å². The molecule has 0 saturated carbocycles. The highest BCUT2D eigenvalue weighted by molar-refractivity contribution is 5.81. The summed E-state index contributed by atoms with van der Waals surface area (Å²) in [5.41, 5.74) is 6.59. The lowest BCUT2D eigenvalue weighted by Crippen LogP contribution is -2.39. The molecule has 2 rings (SSSR count). The Morgan fingerprint density at radius 3 is 2.70 bits per heavy atom. The van der Waals surface area contributed by atoms with Gasteiger partial charge in [-0.25, -0.2) is 0 Å². The standard InChI is InChI=1S/C14H18N4O2/c1-9(15)13(19)16-10(2)14-17-12(18-20-14)8-11-6-4-3-5-7-11/h3-7,9-10H,8,15H2,1-2H3,(H,16,19)/t9-,10?/m0/s1. The molecule has 0 bridgehead atoms. The average Bonchev–Trinajstić information content (AvgIpc) is 2.88. The van der Waals surface area contributed by atoms with Crippen LogP contribution in [0.25, 0.3) is 0 Å². The topological polar surface area (TPSA) is 94.0 Å². The molecule has 20 heavy (non-hydrogen) atoms. The molecule has 0 aliphatic carbocycles. The molecule has 0 spiro atoms. The predicted molar refractivity (Wildman–Crippen MR) is 73.8 cm³/mol. The van der Waals surface area contributed by atoms with Crippen LogP contribution in [0.5, 0.6) is 0 Å². The maximum Gasteiger partial charge on any atom is 0.248 e. The lowest BCUT2D eigenvalue weighted by atomic mass is 10.1. The van der Waals surface area contributed by atoms with Crippen LogP contribution in [0.3, 0.4) is 0 Å². The van der Waals surface area contributed by atoms with Crippen molar-refractivity contribution in [3.05, 3.63) is 47.6 Å². The van der Waals surface area contributed by atoms with Crippen molar-refractivity contribution in [2.24, 2.45) is 5.73 Å². The fourth-order valence-electron chi connectivity index (χ4n) is 1.70. The van der Waals surface area contributed by atoms with Crippen LogP contribution >= 0.6 is 0 Å². The third kappa shape index (κ3) is 3.64. The summed E-state index contributed by atoms with van der Waals surface area (Å²) in [5, 5.41) is 6.63. The number of carbonyl (C=O) groups excluding carboxylic acids is 1. The highest BCUT2D eigenvalue weighted by atomic mass is 16.5. The molecule has 1 aromatic carbocycles. The first-order chi connectivity index (χ1) is 9.56. The van der Waals surface area contributed by atoms with Crippen molar-refractivity contribution < 1.29 is 9.32 Å². The van der Waals surface area contributed by atoms with Crippen molar-refractivity contribution >= 4 is 5.91 Å². The van der Waals surface area contributed by atoms with Crippen LogP contribution < -0.4 is 11.1 Å². The van der Waals surface area contributed by atoms with Crippen LogP contribution in [0, 0.1) is 0 Å². The first-order valence-electron chi connectivity index (χ1n) is 6.48. The monoisotopic (exact) mass is 274 g/mol. The van der Waals surface area contributed by atoms with Crippen LogP contribution in [0.4, 0.5) is 0 Å². The second-order valence-electron chi connectivity index (χ2n) is 4.73. The molecule has 2 aromatic rings. The summed E-state index contributed by atoms with van der Waals surface area (Å²) in [6.07, 6.45) is 0.596. The summed E-state index contributed by atoms with van der Waals surface area (Å²) in [4.78, 5) is 15.8. The van der Waals surface area contributed by atoms with Gasteiger partial charge in [0, 0.05) is 6.42 Å². The number of hydrogen-bond donors (Lipinski definition) is 2. The SMILES string of the molecule is CC(NC(=O)[C@H](C)N)c1nc(Cc2ccccc2)no1. The van der Waals surface area contributed by atoms with E-state index < -0.39 is 6.04 Å². The van der Waals surface area contributed by atoms with Crippen molar-refractivity contribution in [3.63, 3.8) is 0 Å². The molecule has 1 amide bonds. The van der Waals surface area contributed by atoms with Gasteiger partial charge in [-0.2, -0.15) is 4.98 Å². The molecule has 106 valence electrons. The summed E-state index contributed by atoms with van der Waals surface area (Å²) in [6, 6.07) is 8.95. The van der Waals surface area contributed by atoms with Gasteiger partial charge in [0.15, 0.2) is 5.82 Å². The Kier molecular flexibility index (Phi) is 4.47. The molecule has 1 heterocycles. The molecule has 3 N–H and O–H groups in total. The zero-order valence-corrected chi connectivity index (χ0v) is 11.5. The van der Waals surface area contributed by atoms with Gasteiger partial charge in [0.2, 0.25) is 11.8 Å². The van der Waals surface area contributed by atoms with Crippen molar-refractivity contribution in [3.8, 4) is 0 Å². The molecule has 6 heteroatoms. The predicted octanol–water partition coefficient (Wildman–Crippen LogP) is 1.18. The molecular formula is C14H18N4O2. The minimum atomic E-state index is -0.566. The minimum Gasteiger partial charge on any atom is -0.343 e. The van der Waals surface area contributed by atoms with E-state index in [2.05, 4.69) is 15.5 Å². The van der Waals surface area contributed by atoms with Crippen molar-refractivity contribution in [1.82, 2.24) is 15.5 Å². The van der Waals surface area contributed by atoms with Gasteiger partial charge in [0.1, 0.15) is 6.04 Å². The van der Waals surface area contributed by atoms with E-state index in [-0.39, 0.29) is 11.9 Å². The number of amides is 1. The second kappa shape index (κ2) is 6.29. The minimum absolute atomic E-state index is 0.250. The third-order valence-electron chi connectivity index (χ3n) is 2.83. The maximum atomic E-state index is 11.5.